The molecule has 0 saturated heterocycles. The van der Waals surface area contributed by atoms with Gasteiger partial charge in [0.25, 0.3) is 0 Å². The fraction of sp³-hybridized carbons (Fsp3) is 0.500. The Morgan fingerprint density at radius 3 is 2.80 bits per heavy atom. The van der Waals surface area contributed by atoms with Gasteiger partial charge in [-0.2, -0.15) is 0 Å². The van der Waals surface area contributed by atoms with Crippen LogP contribution in [-0.2, 0) is 6.54 Å². The van der Waals surface area contributed by atoms with Crippen molar-refractivity contribution in [2.45, 2.75) is 26.5 Å². The number of carboxylic acid groups (broad SMARTS) is 1. The largest absolute Gasteiger partial charge is 0.477 e. The number of thiophene rings is 1. The number of carboxylic acids is 1. The number of hydrogen-bond donors (Lipinski definition) is 3. The third kappa shape index (κ3) is 3.62. The number of aromatic carboxylic acids is 1. The third-order valence-electron chi connectivity index (χ3n) is 1.99. The van der Waals surface area contributed by atoms with Crippen LogP contribution in [0.15, 0.2) is 6.07 Å². The lowest BCUT2D eigenvalue weighted by atomic mass is 10.2. The first-order valence-electron chi connectivity index (χ1n) is 4.72. The van der Waals surface area contributed by atoms with E-state index in [0.717, 1.165) is 10.4 Å². The summed E-state index contributed by atoms with van der Waals surface area (Å²) in [6.45, 7) is 4.71. The topological polar surface area (TPSA) is 69.6 Å². The van der Waals surface area contributed by atoms with Crippen LogP contribution < -0.4 is 5.32 Å². The fourth-order valence-corrected chi connectivity index (χ4v) is 2.10. The van der Waals surface area contributed by atoms with Crippen molar-refractivity contribution in [3.8, 4) is 0 Å². The zero-order valence-electron chi connectivity index (χ0n) is 8.78. The van der Waals surface area contributed by atoms with Crippen molar-refractivity contribution in [3.63, 3.8) is 0 Å². The van der Waals surface area contributed by atoms with Crippen LogP contribution in [-0.4, -0.2) is 28.8 Å². The highest BCUT2D eigenvalue weighted by atomic mass is 32.1. The van der Waals surface area contributed by atoms with Crippen LogP contribution in [0.1, 0.15) is 27.0 Å². The molecule has 0 aromatic carbocycles. The minimum Gasteiger partial charge on any atom is -0.477 e. The zero-order valence-corrected chi connectivity index (χ0v) is 9.60. The molecule has 0 aliphatic carbocycles. The van der Waals surface area contributed by atoms with E-state index in [1.165, 1.54) is 11.3 Å². The Morgan fingerprint density at radius 1 is 1.67 bits per heavy atom. The second kappa shape index (κ2) is 5.25. The Hall–Kier alpha value is -0.910. The van der Waals surface area contributed by atoms with Gasteiger partial charge in [-0.1, -0.05) is 0 Å². The van der Waals surface area contributed by atoms with E-state index in [4.69, 9.17) is 10.2 Å². The van der Waals surface area contributed by atoms with Gasteiger partial charge in [0.2, 0.25) is 0 Å². The quantitative estimate of drug-likeness (QED) is 0.710. The molecule has 15 heavy (non-hydrogen) atoms. The molecule has 0 radical (unpaired) electrons. The van der Waals surface area contributed by atoms with Gasteiger partial charge in [-0.15, -0.1) is 11.3 Å². The fourth-order valence-electron chi connectivity index (χ4n) is 1.22. The van der Waals surface area contributed by atoms with Crippen LogP contribution in [0.25, 0.3) is 0 Å². The van der Waals surface area contributed by atoms with Gasteiger partial charge < -0.3 is 15.5 Å². The predicted octanol–water partition coefficient (Wildman–Crippen LogP) is 1.23. The molecule has 84 valence electrons. The van der Waals surface area contributed by atoms with Crippen LogP contribution in [0.3, 0.4) is 0 Å². The van der Waals surface area contributed by atoms with Crippen molar-refractivity contribution in [1.82, 2.24) is 5.32 Å². The number of aliphatic hydroxyl groups is 1. The molecule has 0 amide bonds. The monoisotopic (exact) mass is 229 g/mol. The van der Waals surface area contributed by atoms with Crippen molar-refractivity contribution in [3.05, 3.63) is 21.4 Å². The zero-order chi connectivity index (χ0) is 11.4. The molecule has 0 aliphatic rings. The lowest BCUT2D eigenvalue weighted by Gasteiger charge is -2.05. The molecule has 0 aliphatic heterocycles. The molecule has 0 spiro atoms. The van der Waals surface area contributed by atoms with Crippen molar-refractivity contribution >= 4 is 17.3 Å². The standard InChI is InChI=1S/C10H15NO3S/c1-6(12)4-11-5-8-3-9(10(13)14)15-7(8)2/h3,6,11-12H,4-5H2,1-2H3,(H,13,14). The van der Waals surface area contributed by atoms with Gasteiger partial charge in [0, 0.05) is 18.0 Å². The molecular formula is C10H15NO3S. The summed E-state index contributed by atoms with van der Waals surface area (Å²) in [5.74, 6) is -0.884. The minimum atomic E-state index is -0.884. The summed E-state index contributed by atoms with van der Waals surface area (Å²) in [6.07, 6.45) is -0.386. The van der Waals surface area contributed by atoms with Crippen LogP contribution in [0.2, 0.25) is 0 Å². The van der Waals surface area contributed by atoms with Crippen molar-refractivity contribution in [2.75, 3.05) is 6.54 Å². The van der Waals surface area contributed by atoms with E-state index in [1.807, 2.05) is 6.92 Å². The van der Waals surface area contributed by atoms with Crippen molar-refractivity contribution in [2.24, 2.45) is 0 Å². The maximum atomic E-state index is 10.7. The van der Waals surface area contributed by atoms with Gasteiger partial charge >= 0.3 is 5.97 Å². The van der Waals surface area contributed by atoms with Gasteiger partial charge in [0.05, 0.1) is 6.10 Å². The normalized spacial score (nSPS) is 12.7. The third-order valence-corrected chi connectivity index (χ3v) is 3.07. The number of hydrogen-bond acceptors (Lipinski definition) is 4. The molecule has 1 heterocycles. The van der Waals surface area contributed by atoms with Crippen LogP contribution in [0.4, 0.5) is 0 Å². The highest BCUT2D eigenvalue weighted by Crippen LogP contribution is 2.21. The number of carbonyl (C=O) groups is 1. The Morgan fingerprint density at radius 2 is 2.33 bits per heavy atom. The molecule has 0 bridgehead atoms. The van der Waals surface area contributed by atoms with E-state index in [9.17, 15) is 4.79 Å². The molecule has 0 saturated carbocycles. The maximum Gasteiger partial charge on any atom is 0.345 e. The summed E-state index contributed by atoms with van der Waals surface area (Å²) in [4.78, 5) is 12.1. The Bertz CT molecular complexity index is 346. The first-order valence-corrected chi connectivity index (χ1v) is 5.53. The lowest BCUT2D eigenvalue weighted by Crippen LogP contribution is -2.23. The smallest absolute Gasteiger partial charge is 0.345 e. The highest BCUT2D eigenvalue weighted by molar-refractivity contribution is 7.14. The Kier molecular flexibility index (Phi) is 4.26. The van der Waals surface area contributed by atoms with Crippen LogP contribution in [0.5, 0.6) is 0 Å². The molecule has 1 aromatic heterocycles. The van der Waals surface area contributed by atoms with Gasteiger partial charge in [0.1, 0.15) is 4.88 Å². The van der Waals surface area contributed by atoms with Crippen LogP contribution >= 0.6 is 11.3 Å². The molecule has 1 aromatic rings. The van der Waals surface area contributed by atoms with Crippen molar-refractivity contribution < 1.29 is 15.0 Å². The first kappa shape index (κ1) is 12.2. The highest BCUT2D eigenvalue weighted by Gasteiger charge is 2.10. The van der Waals surface area contributed by atoms with Gasteiger partial charge in [-0.25, -0.2) is 4.79 Å². The Labute approximate surface area is 92.6 Å². The van der Waals surface area contributed by atoms with Crippen molar-refractivity contribution in [1.29, 1.82) is 0 Å². The van der Waals surface area contributed by atoms with Gasteiger partial charge in [0.15, 0.2) is 0 Å². The van der Waals surface area contributed by atoms with E-state index >= 15 is 0 Å². The molecule has 1 rings (SSSR count). The lowest BCUT2D eigenvalue weighted by molar-refractivity contribution is 0.0702. The first-order chi connectivity index (χ1) is 7.00. The second-order valence-corrected chi connectivity index (χ2v) is 4.73. The average molecular weight is 229 g/mol. The average Bonchev–Trinajstić information content (AvgIpc) is 2.47. The number of aryl methyl sites for hydroxylation is 1. The summed E-state index contributed by atoms with van der Waals surface area (Å²) in [7, 11) is 0. The summed E-state index contributed by atoms with van der Waals surface area (Å²) in [5.41, 5.74) is 0.984. The summed E-state index contributed by atoms with van der Waals surface area (Å²) < 4.78 is 0. The van der Waals surface area contributed by atoms with E-state index in [-0.39, 0.29) is 6.10 Å². The van der Waals surface area contributed by atoms with Gasteiger partial charge in [-0.3, -0.25) is 0 Å². The minimum absolute atomic E-state index is 0.362. The number of nitrogens with one attached hydrogen (secondary N) is 1. The maximum absolute atomic E-state index is 10.7. The predicted molar refractivity (Wildman–Crippen MR) is 59.4 cm³/mol. The van der Waals surface area contributed by atoms with Gasteiger partial charge in [-0.05, 0) is 25.5 Å². The van der Waals surface area contributed by atoms with Crippen LogP contribution in [0, 0.1) is 6.92 Å². The van der Waals surface area contributed by atoms with E-state index in [1.54, 1.807) is 13.0 Å². The summed E-state index contributed by atoms with van der Waals surface area (Å²) >= 11 is 1.28. The molecular weight excluding hydrogens is 214 g/mol. The molecule has 4 nitrogen and oxygen atoms in total. The van der Waals surface area contributed by atoms with E-state index < -0.39 is 5.97 Å². The number of aliphatic hydroxyl groups excluding tert-OH is 1. The second-order valence-electron chi connectivity index (χ2n) is 3.48. The molecule has 1 unspecified atom stereocenters. The summed E-state index contributed by atoms with van der Waals surface area (Å²) in [6, 6.07) is 1.68. The molecule has 3 N–H and O–H groups in total. The molecule has 0 fully saturated rings. The Balaban J connectivity index is 2.57. The summed E-state index contributed by atoms with van der Waals surface area (Å²) in [5, 5.41) is 20.9. The molecule has 5 heteroatoms. The SMILES string of the molecule is Cc1sc(C(=O)O)cc1CNCC(C)O. The molecule has 1 atom stereocenters. The van der Waals surface area contributed by atoms with E-state index in [0.29, 0.717) is 18.0 Å². The number of rotatable bonds is 5. The van der Waals surface area contributed by atoms with E-state index in [2.05, 4.69) is 5.32 Å².